The summed E-state index contributed by atoms with van der Waals surface area (Å²) in [6.45, 7) is 5.45. The van der Waals surface area contributed by atoms with E-state index in [1.54, 1.807) is 10.4 Å². The SMILES string of the molecule is CC(C)C1CCN(S(=O)(=O)c2ccc(CCl)cn2)C1. The van der Waals surface area contributed by atoms with Crippen molar-refractivity contribution in [2.75, 3.05) is 13.1 Å². The fraction of sp³-hybridized carbons (Fsp3) is 0.615. The van der Waals surface area contributed by atoms with Gasteiger partial charge in [-0.25, -0.2) is 13.4 Å². The number of halogens is 1. The van der Waals surface area contributed by atoms with Gasteiger partial charge in [-0.1, -0.05) is 19.9 Å². The van der Waals surface area contributed by atoms with Crippen LogP contribution in [-0.4, -0.2) is 30.8 Å². The van der Waals surface area contributed by atoms with Crippen molar-refractivity contribution >= 4 is 21.6 Å². The van der Waals surface area contributed by atoms with Gasteiger partial charge in [-0.05, 0) is 29.9 Å². The zero-order valence-electron chi connectivity index (χ0n) is 11.2. The highest BCUT2D eigenvalue weighted by molar-refractivity contribution is 7.89. The maximum absolute atomic E-state index is 12.4. The molecule has 2 heterocycles. The molecule has 1 saturated heterocycles. The molecule has 0 spiro atoms. The Bertz CT molecular complexity index is 528. The predicted octanol–water partition coefficient (Wildman–Crippen LogP) is 2.49. The number of sulfonamides is 1. The largest absolute Gasteiger partial charge is 0.260 e. The molecule has 1 atom stereocenters. The molecule has 1 unspecified atom stereocenters. The van der Waals surface area contributed by atoms with Crippen LogP contribution in [0.5, 0.6) is 0 Å². The van der Waals surface area contributed by atoms with E-state index in [2.05, 4.69) is 18.8 Å². The first-order valence-corrected chi connectivity index (χ1v) is 8.43. The van der Waals surface area contributed by atoms with Crippen molar-refractivity contribution < 1.29 is 8.42 Å². The van der Waals surface area contributed by atoms with Crippen molar-refractivity contribution in [2.24, 2.45) is 11.8 Å². The van der Waals surface area contributed by atoms with Crippen molar-refractivity contribution in [3.63, 3.8) is 0 Å². The van der Waals surface area contributed by atoms with E-state index in [-0.39, 0.29) is 5.03 Å². The molecule has 19 heavy (non-hydrogen) atoms. The average molecular weight is 303 g/mol. The Balaban J connectivity index is 2.18. The summed E-state index contributed by atoms with van der Waals surface area (Å²) in [5, 5.41) is 0.116. The van der Waals surface area contributed by atoms with Gasteiger partial charge in [0.1, 0.15) is 0 Å². The second kappa shape index (κ2) is 5.77. The first kappa shape index (κ1) is 14.8. The van der Waals surface area contributed by atoms with Crippen LogP contribution in [0.2, 0.25) is 0 Å². The topological polar surface area (TPSA) is 50.3 Å². The fourth-order valence-electron chi connectivity index (χ4n) is 2.29. The predicted molar refractivity (Wildman–Crippen MR) is 75.5 cm³/mol. The molecule has 1 aliphatic heterocycles. The second-order valence-electron chi connectivity index (χ2n) is 5.29. The Morgan fingerprint density at radius 2 is 2.21 bits per heavy atom. The van der Waals surface area contributed by atoms with E-state index in [0.29, 0.717) is 30.8 Å². The lowest BCUT2D eigenvalue weighted by Crippen LogP contribution is -2.30. The van der Waals surface area contributed by atoms with Crippen LogP contribution >= 0.6 is 11.6 Å². The van der Waals surface area contributed by atoms with E-state index in [1.165, 1.54) is 12.3 Å². The molecule has 1 fully saturated rings. The third-order valence-electron chi connectivity index (χ3n) is 3.69. The summed E-state index contributed by atoms with van der Waals surface area (Å²) in [5.41, 5.74) is 0.821. The lowest BCUT2D eigenvalue weighted by Gasteiger charge is -2.17. The van der Waals surface area contributed by atoms with Gasteiger partial charge in [-0.3, -0.25) is 0 Å². The van der Waals surface area contributed by atoms with Crippen molar-refractivity contribution in [3.8, 4) is 0 Å². The molecule has 106 valence electrons. The highest BCUT2D eigenvalue weighted by Crippen LogP contribution is 2.27. The number of nitrogens with zero attached hydrogens (tertiary/aromatic N) is 2. The third-order valence-corrected chi connectivity index (χ3v) is 5.78. The Morgan fingerprint density at radius 1 is 1.47 bits per heavy atom. The van der Waals surface area contributed by atoms with Crippen molar-refractivity contribution in [1.29, 1.82) is 0 Å². The summed E-state index contributed by atoms with van der Waals surface area (Å²) in [4.78, 5) is 4.02. The second-order valence-corrected chi connectivity index (χ2v) is 7.45. The lowest BCUT2D eigenvalue weighted by atomic mass is 9.96. The molecule has 4 nitrogen and oxygen atoms in total. The molecule has 0 radical (unpaired) electrons. The van der Waals surface area contributed by atoms with Crippen LogP contribution in [0.15, 0.2) is 23.4 Å². The molecule has 0 aliphatic carbocycles. The maximum atomic E-state index is 12.4. The van der Waals surface area contributed by atoms with Gasteiger partial charge in [0.05, 0.1) is 0 Å². The summed E-state index contributed by atoms with van der Waals surface area (Å²) < 4.78 is 26.4. The zero-order valence-corrected chi connectivity index (χ0v) is 12.8. The van der Waals surface area contributed by atoms with Gasteiger partial charge in [-0.15, -0.1) is 11.6 Å². The summed E-state index contributed by atoms with van der Waals surface area (Å²) >= 11 is 5.67. The van der Waals surface area contributed by atoms with E-state index in [0.717, 1.165) is 12.0 Å². The molecule has 0 amide bonds. The first-order valence-electron chi connectivity index (χ1n) is 6.46. The first-order chi connectivity index (χ1) is 8.95. The van der Waals surface area contributed by atoms with E-state index >= 15 is 0 Å². The summed E-state index contributed by atoms with van der Waals surface area (Å²) in [5.74, 6) is 1.29. The number of hydrogen-bond acceptors (Lipinski definition) is 3. The van der Waals surface area contributed by atoms with Gasteiger partial charge in [0, 0.05) is 25.2 Å². The lowest BCUT2D eigenvalue weighted by molar-refractivity contribution is 0.388. The van der Waals surface area contributed by atoms with Gasteiger partial charge in [0.2, 0.25) is 0 Å². The van der Waals surface area contributed by atoms with Crippen LogP contribution in [0.1, 0.15) is 25.8 Å². The van der Waals surface area contributed by atoms with Crippen molar-refractivity contribution in [2.45, 2.75) is 31.2 Å². The molecular weight excluding hydrogens is 284 g/mol. The molecule has 0 bridgehead atoms. The highest BCUT2D eigenvalue weighted by Gasteiger charge is 2.34. The van der Waals surface area contributed by atoms with E-state index in [4.69, 9.17) is 11.6 Å². The van der Waals surface area contributed by atoms with E-state index in [9.17, 15) is 8.42 Å². The number of pyridine rings is 1. The van der Waals surface area contributed by atoms with Crippen LogP contribution in [0, 0.1) is 11.8 Å². The van der Waals surface area contributed by atoms with E-state index in [1.807, 2.05) is 0 Å². The monoisotopic (exact) mass is 302 g/mol. The Labute approximate surface area is 119 Å². The van der Waals surface area contributed by atoms with Crippen LogP contribution in [0.4, 0.5) is 0 Å². The summed E-state index contributed by atoms with van der Waals surface area (Å²) in [6.07, 6.45) is 2.45. The molecule has 0 saturated carbocycles. The Morgan fingerprint density at radius 3 is 2.68 bits per heavy atom. The number of rotatable bonds is 4. The van der Waals surface area contributed by atoms with Crippen LogP contribution in [0.3, 0.4) is 0 Å². The summed E-state index contributed by atoms with van der Waals surface area (Å²) in [7, 11) is -3.45. The number of hydrogen-bond donors (Lipinski definition) is 0. The van der Waals surface area contributed by atoms with Gasteiger partial charge >= 0.3 is 0 Å². The minimum Gasteiger partial charge on any atom is -0.243 e. The number of alkyl halides is 1. The summed E-state index contributed by atoms with van der Waals surface area (Å²) in [6, 6.07) is 3.25. The fourth-order valence-corrected chi connectivity index (χ4v) is 3.87. The van der Waals surface area contributed by atoms with Gasteiger partial charge < -0.3 is 0 Å². The van der Waals surface area contributed by atoms with Crippen molar-refractivity contribution in [1.82, 2.24) is 9.29 Å². The van der Waals surface area contributed by atoms with E-state index < -0.39 is 10.0 Å². The van der Waals surface area contributed by atoms with Gasteiger partial charge in [-0.2, -0.15) is 4.31 Å². The molecule has 0 aromatic carbocycles. The van der Waals surface area contributed by atoms with Crippen LogP contribution in [0.25, 0.3) is 0 Å². The molecule has 0 N–H and O–H groups in total. The Kier molecular flexibility index (Phi) is 4.48. The molecule has 1 aromatic heterocycles. The zero-order chi connectivity index (χ0) is 14.0. The molecule has 1 aromatic rings. The smallest absolute Gasteiger partial charge is 0.243 e. The quantitative estimate of drug-likeness (QED) is 0.803. The maximum Gasteiger partial charge on any atom is 0.260 e. The minimum atomic E-state index is -3.45. The molecule has 6 heteroatoms. The van der Waals surface area contributed by atoms with Gasteiger partial charge in [0.25, 0.3) is 10.0 Å². The molecule has 2 rings (SSSR count). The standard InChI is InChI=1S/C13H19ClN2O2S/c1-10(2)12-5-6-16(9-12)19(17,18)13-4-3-11(7-14)8-15-13/h3-4,8,10,12H,5-7,9H2,1-2H3. The molecular formula is C13H19ClN2O2S. The van der Waals surface area contributed by atoms with Gasteiger partial charge in [0.15, 0.2) is 5.03 Å². The average Bonchev–Trinajstić information content (AvgIpc) is 2.89. The normalized spacial score (nSPS) is 21.2. The minimum absolute atomic E-state index is 0.116. The van der Waals surface area contributed by atoms with Crippen LogP contribution in [-0.2, 0) is 15.9 Å². The van der Waals surface area contributed by atoms with Crippen LogP contribution < -0.4 is 0 Å². The molecule has 1 aliphatic rings. The third kappa shape index (κ3) is 3.09. The van der Waals surface area contributed by atoms with Crippen molar-refractivity contribution in [3.05, 3.63) is 23.9 Å². The highest BCUT2D eigenvalue weighted by atomic mass is 35.5. The Hall–Kier alpha value is -0.650. The number of aromatic nitrogens is 1.